The van der Waals surface area contributed by atoms with Crippen LogP contribution in [0, 0.1) is 0 Å². The molecule has 1 rings (SSSR count). The van der Waals surface area contributed by atoms with Gasteiger partial charge in [0.05, 0.1) is 12.8 Å². The number of anilines is 2. The Morgan fingerprint density at radius 3 is 2.85 bits per heavy atom. The van der Waals surface area contributed by atoms with Gasteiger partial charge in [-0.05, 0) is 12.1 Å². The first kappa shape index (κ1) is 9.18. The van der Waals surface area contributed by atoms with Crippen LogP contribution in [0.5, 0.6) is 5.75 Å². The summed E-state index contributed by atoms with van der Waals surface area (Å²) in [6.45, 7) is 0. The lowest BCUT2D eigenvalue weighted by molar-refractivity contribution is 0.209. The van der Waals surface area contributed by atoms with Crippen molar-refractivity contribution in [3.05, 3.63) is 18.2 Å². The van der Waals surface area contributed by atoms with Gasteiger partial charge in [0.2, 0.25) is 0 Å². The normalized spacial score (nSPS) is 9.31. The van der Waals surface area contributed by atoms with Crippen molar-refractivity contribution in [1.82, 2.24) is 0 Å². The number of methoxy groups -OCH3 is 1. The van der Waals surface area contributed by atoms with E-state index in [9.17, 15) is 4.79 Å². The van der Waals surface area contributed by atoms with E-state index in [0.717, 1.165) is 0 Å². The van der Waals surface area contributed by atoms with Gasteiger partial charge in [-0.15, -0.1) is 0 Å². The summed E-state index contributed by atoms with van der Waals surface area (Å²) in [5.41, 5.74) is 6.15. The zero-order chi connectivity index (χ0) is 9.84. The fourth-order valence-electron chi connectivity index (χ4n) is 0.959. The van der Waals surface area contributed by atoms with Gasteiger partial charge in [-0.1, -0.05) is 6.07 Å². The van der Waals surface area contributed by atoms with Crippen molar-refractivity contribution in [3.63, 3.8) is 0 Å². The molecule has 1 aromatic carbocycles. The smallest absolute Gasteiger partial charge is 0.409 e. The second-order valence-corrected chi connectivity index (χ2v) is 2.35. The number of ether oxygens (including phenoxy) is 1. The van der Waals surface area contributed by atoms with E-state index >= 15 is 0 Å². The lowest BCUT2D eigenvalue weighted by Gasteiger charge is -2.09. The number of hydrogen-bond acceptors (Lipinski definition) is 3. The Labute approximate surface area is 75.1 Å². The predicted octanol–water partition coefficient (Wildman–Crippen LogP) is 1.37. The predicted molar refractivity (Wildman–Crippen MR) is 49.1 cm³/mol. The van der Waals surface area contributed by atoms with Crippen molar-refractivity contribution in [2.45, 2.75) is 0 Å². The van der Waals surface area contributed by atoms with E-state index in [1.165, 1.54) is 7.11 Å². The topological polar surface area (TPSA) is 84.6 Å². The molecule has 5 heteroatoms. The van der Waals surface area contributed by atoms with Crippen molar-refractivity contribution in [3.8, 4) is 5.75 Å². The van der Waals surface area contributed by atoms with E-state index in [4.69, 9.17) is 15.6 Å². The number of nitrogen functional groups attached to an aromatic ring is 1. The number of amides is 1. The Morgan fingerprint density at radius 1 is 1.62 bits per heavy atom. The van der Waals surface area contributed by atoms with Crippen molar-refractivity contribution < 1.29 is 14.6 Å². The number of carbonyl (C=O) groups is 1. The van der Waals surface area contributed by atoms with Crippen LogP contribution in [0.4, 0.5) is 16.2 Å². The van der Waals surface area contributed by atoms with Crippen molar-refractivity contribution >= 4 is 17.5 Å². The highest BCUT2D eigenvalue weighted by Crippen LogP contribution is 2.29. The largest absolute Gasteiger partial charge is 0.494 e. The van der Waals surface area contributed by atoms with Crippen molar-refractivity contribution in [1.29, 1.82) is 0 Å². The monoisotopic (exact) mass is 182 g/mol. The summed E-state index contributed by atoms with van der Waals surface area (Å²) >= 11 is 0. The molecule has 0 radical (unpaired) electrons. The molecule has 0 aliphatic heterocycles. The minimum Gasteiger partial charge on any atom is -0.494 e. The minimum atomic E-state index is -1.17. The number of hydrogen-bond donors (Lipinski definition) is 3. The van der Waals surface area contributed by atoms with Crippen molar-refractivity contribution in [2.75, 3.05) is 18.2 Å². The number of benzene rings is 1. The molecule has 1 amide bonds. The molecule has 4 N–H and O–H groups in total. The Morgan fingerprint density at radius 2 is 2.31 bits per heavy atom. The van der Waals surface area contributed by atoms with Gasteiger partial charge in [-0.2, -0.15) is 0 Å². The maximum absolute atomic E-state index is 10.4. The molecule has 0 aliphatic carbocycles. The van der Waals surface area contributed by atoms with Crippen LogP contribution in [0.25, 0.3) is 0 Å². The summed E-state index contributed by atoms with van der Waals surface area (Å²) in [5, 5.41) is 10.6. The van der Waals surface area contributed by atoms with Gasteiger partial charge in [0.1, 0.15) is 11.4 Å². The van der Waals surface area contributed by atoms with Gasteiger partial charge in [0, 0.05) is 0 Å². The quantitative estimate of drug-likeness (QED) is 0.603. The summed E-state index contributed by atoms with van der Waals surface area (Å²) in [6.07, 6.45) is -1.17. The summed E-state index contributed by atoms with van der Waals surface area (Å²) in [4.78, 5) is 10.4. The van der Waals surface area contributed by atoms with Crippen LogP contribution in [0.1, 0.15) is 0 Å². The summed E-state index contributed by atoms with van der Waals surface area (Å²) < 4.78 is 4.92. The van der Waals surface area contributed by atoms with Gasteiger partial charge < -0.3 is 15.6 Å². The molecule has 0 atom stereocenters. The number of nitrogens with one attached hydrogen (secondary N) is 1. The van der Waals surface area contributed by atoms with Crippen molar-refractivity contribution in [2.24, 2.45) is 0 Å². The van der Waals surface area contributed by atoms with Gasteiger partial charge in [0.25, 0.3) is 0 Å². The third-order valence-corrected chi connectivity index (χ3v) is 1.51. The molecule has 0 heterocycles. The average Bonchev–Trinajstić information content (AvgIpc) is 2.08. The van der Waals surface area contributed by atoms with Crippen LogP contribution in [-0.4, -0.2) is 18.3 Å². The molecule has 0 bridgehead atoms. The second-order valence-electron chi connectivity index (χ2n) is 2.35. The molecule has 1 aromatic rings. The second kappa shape index (κ2) is 3.66. The molecule has 0 aromatic heterocycles. The molecule has 0 saturated carbocycles. The van der Waals surface area contributed by atoms with E-state index in [0.29, 0.717) is 11.4 Å². The molecular formula is C8H10N2O3. The zero-order valence-electron chi connectivity index (χ0n) is 7.07. The Hall–Kier alpha value is -1.91. The highest BCUT2D eigenvalue weighted by atomic mass is 16.5. The summed E-state index contributed by atoms with van der Waals surface area (Å²) in [6, 6.07) is 4.90. The SMILES string of the molecule is COc1cccc(N)c1NC(=O)O. The fraction of sp³-hybridized carbons (Fsp3) is 0.125. The summed E-state index contributed by atoms with van der Waals surface area (Å²) in [7, 11) is 1.45. The number of rotatable bonds is 2. The molecule has 0 spiro atoms. The van der Waals surface area contributed by atoms with Gasteiger partial charge in [-0.3, -0.25) is 5.32 Å². The van der Waals surface area contributed by atoms with Crippen LogP contribution in [0.2, 0.25) is 0 Å². The molecule has 0 unspecified atom stereocenters. The number of carboxylic acid groups (broad SMARTS) is 1. The maximum Gasteiger partial charge on any atom is 0.409 e. The lowest BCUT2D eigenvalue weighted by Crippen LogP contribution is -2.10. The molecule has 13 heavy (non-hydrogen) atoms. The third kappa shape index (κ3) is 2.02. The Balaban J connectivity index is 3.07. The van der Waals surface area contributed by atoms with Gasteiger partial charge in [-0.25, -0.2) is 4.79 Å². The summed E-state index contributed by atoms with van der Waals surface area (Å²) in [5.74, 6) is 0.405. The Bertz CT molecular complexity index is 325. The highest BCUT2D eigenvalue weighted by molar-refractivity contribution is 5.90. The first-order valence-electron chi connectivity index (χ1n) is 3.57. The van der Waals surface area contributed by atoms with E-state index < -0.39 is 6.09 Å². The molecule has 0 aliphatic rings. The standard InChI is InChI=1S/C8H10N2O3/c1-13-6-4-2-3-5(9)7(6)10-8(11)12/h2-4,10H,9H2,1H3,(H,11,12). The molecule has 0 fully saturated rings. The Kier molecular flexibility index (Phi) is 2.59. The van der Waals surface area contributed by atoms with E-state index in [2.05, 4.69) is 5.32 Å². The van der Waals surface area contributed by atoms with Gasteiger partial charge in [0.15, 0.2) is 0 Å². The molecular weight excluding hydrogens is 172 g/mol. The van der Waals surface area contributed by atoms with Crippen LogP contribution >= 0.6 is 0 Å². The highest BCUT2D eigenvalue weighted by Gasteiger charge is 2.08. The van der Waals surface area contributed by atoms with Crippen LogP contribution < -0.4 is 15.8 Å². The van der Waals surface area contributed by atoms with E-state index in [1.807, 2.05) is 0 Å². The average molecular weight is 182 g/mol. The fourth-order valence-corrected chi connectivity index (χ4v) is 0.959. The lowest BCUT2D eigenvalue weighted by atomic mass is 10.2. The van der Waals surface area contributed by atoms with Gasteiger partial charge >= 0.3 is 6.09 Å². The molecule has 70 valence electrons. The maximum atomic E-state index is 10.4. The van der Waals surface area contributed by atoms with Crippen LogP contribution in [-0.2, 0) is 0 Å². The van der Waals surface area contributed by atoms with E-state index in [1.54, 1.807) is 18.2 Å². The zero-order valence-corrected chi connectivity index (χ0v) is 7.07. The molecule has 0 saturated heterocycles. The minimum absolute atomic E-state index is 0.275. The van der Waals surface area contributed by atoms with Crippen LogP contribution in [0.15, 0.2) is 18.2 Å². The molecule has 5 nitrogen and oxygen atoms in total. The number of nitrogens with two attached hydrogens (primary N) is 1. The first-order chi connectivity index (χ1) is 6.15. The third-order valence-electron chi connectivity index (χ3n) is 1.51. The number of para-hydroxylation sites is 1. The first-order valence-corrected chi connectivity index (χ1v) is 3.57. The van der Waals surface area contributed by atoms with Crippen LogP contribution in [0.3, 0.4) is 0 Å². The van der Waals surface area contributed by atoms with E-state index in [-0.39, 0.29) is 5.69 Å².